The molecular weight excluding hydrogens is 276 g/mol. The zero-order valence-electron chi connectivity index (χ0n) is 14.4. The summed E-state index contributed by atoms with van der Waals surface area (Å²) < 4.78 is 0. The van der Waals surface area contributed by atoms with Gasteiger partial charge in [-0.1, -0.05) is 72.9 Å². The van der Waals surface area contributed by atoms with Crippen molar-refractivity contribution in [2.75, 3.05) is 0 Å². The Bertz CT molecular complexity index is 740. The first-order valence-electron chi connectivity index (χ1n) is 9.12. The van der Waals surface area contributed by atoms with Gasteiger partial charge in [-0.2, -0.15) is 0 Å². The van der Waals surface area contributed by atoms with Crippen LogP contribution in [0.3, 0.4) is 0 Å². The van der Waals surface area contributed by atoms with Crippen LogP contribution in [0.25, 0.3) is 17.2 Å². The van der Waals surface area contributed by atoms with Gasteiger partial charge in [-0.3, -0.25) is 0 Å². The maximum Gasteiger partial charge on any atom is -0.00603 e. The normalized spacial score (nSPS) is 17.9. The summed E-state index contributed by atoms with van der Waals surface area (Å²) >= 11 is 0. The average Bonchev–Trinajstić information content (AvgIpc) is 2.95. The lowest BCUT2D eigenvalue weighted by Crippen LogP contribution is -2.04. The lowest BCUT2D eigenvalue weighted by Gasteiger charge is -2.22. The van der Waals surface area contributed by atoms with Gasteiger partial charge >= 0.3 is 0 Å². The molecule has 0 bridgehead atoms. The summed E-state index contributed by atoms with van der Waals surface area (Å²) in [7, 11) is 0. The molecule has 4 rings (SSSR count). The van der Waals surface area contributed by atoms with E-state index in [0.29, 0.717) is 0 Å². The van der Waals surface area contributed by atoms with Gasteiger partial charge in [-0.15, -0.1) is 0 Å². The minimum atomic E-state index is 0.795. The monoisotopic (exact) mass is 302 g/mol. The van der Waals surface area contributed by atoms with Gasteiger partial charge in [0, 0.05) is 0 Å². The van der Waals surface area contributed by atoms with E-state index in [-0.39, 0.29) is 0 Å². The van der Waals surface area contributed by atoms with Crippen LogP contribution in [0.1, 0.15) is 67.2 Å². The van der Waals surface area contributed by atoms with Crippen molar-refractivity contribution < 1.29 is 0 Å². The molecule has 23 heavy (non-hydrogen) atoms. The third-order valence-corrected chi connectivity index (χ3v) is 5.57. The molecule has 2 aliphatic rings. The van der Waals surface area contributed by atoms with E-state index in [1.807, 2.05) is 0 Å². The summed E-state index contributed by atoms with van der Waals surface area (Å²) in [6.45, 7) is 4.46. The molecule has 2 aromatic rings. The van der Waals surface area contributed by atoms with Gasteiger partial charge in [0.05, 0.1) is 0 Å². The molecule has 0 aromatic heterocycles. The Balaban J connectivity index is 1.69. The fourth-order valence-corrected chi connectivity index (χ4v) is 4.40. The number of allylic oxidation sites excluding steroid dienone is 1. The lowest BCUT2D eigenvalue weighted by atomic mass is 9.83. The lowest BCUT2D eigenvalue weighted by molar-refractivity contribution is 0.443. The third kappa shape index (κ3) is 2.87. The van der Waals surface area contributed by atoms with Crippen molar-refractivity contribution in [3.05, 3.63) is 64.2 Å². The predicted molar refractivity (Wildman–Crippen MR) is 99.8 cm³/mol. The summed E-state index contributed by atoms with van der Waals surface area (Å²) in [5, 5.41) is 0. The van der Waals surface area contributed by atoms with Crippen LogP contribution in [-0.4, -0.2) is 0 Å². The van der Waals surface area contributed by atoms with Crippen molar-refractivity contribution in [3.63, 3.8) is 0 Å². The van der Waals surface area contributed by atoms with Crippen molar-refractivity contribution in [1.29, 1.82) is 0 Å². The molecule has 118 valence electrons. The largest absolute Gasteiger partial charge is 0.0683 e. The molecule has 0 atom stereocenters. The van der Waals surface area contributed by atoms with Gasteiger partial charge in [0.2, 0.25) is 0 Å². The van der Waals surface area contributed by atoms with Crippen LogP contribution in [0.4, 0.5) is 0 Å². The van der Waals surface area contributed by atoms with Crippen LogP contribution in [-0.2, 0) is 6.42 Å². The van der Waals surface area contributed by atoms with Crippen molar-refractivity contribution in [2.45, 2.75) is 58.3 Å². The molecule has 0 heteroatoms. The van der Waals surface area contributed by atoms with Crippen molar-refractivity contribution in [2.24, 2.45) is 0 Å². The van der Waals surface area contributed by atoms with E-state index in [0.717, 1.165) is 12.3 Å². The molecule has 0 aliphatic heterocycles. The van der Waals surface area contributed by atoms with Crippen molar-refractivity contribution in [3.8, 4) is 11.1 Å². The molecule has 1 saturated carbocycles. The molecule has 0 amide bonds. The highest BCUT2D eigenvalue weighted by Crippen LogP contribution is 2.37. The van der Waals surface area contributed by atoms with E-state index in [9.17, 15) is 0 Å². The second-order valence-corrected chi connectivity index (χ2v) is 7.51. The van der Waals surface area contributed by atoms with Crippen molar-refractivity contribution >= 4 is 6.08 Å². The summed E-state index contributed by atoms with van der Waals surface area (Å²) in [6, 6.07) is 14.2. The highest BCUT2D eigenvalue weighted by molar-refractivity contribution is 5.81. The zero-order valence-corrected chi connectivity index (χ0v) is 14.4. The second kappa shape index (κ2) is 6.00. The second-order valence-electron chi connectivity index (χ2n) is 7.51. The van der Waals surface area contributed by atoms with Crippen LogP contribution in [0.2, 0.25) is 0 Å². The van der Waals surface area contributed by atoms with E-state index >= 15 is 0 Å². The Morgan fingerprint density at radius 1 is 0.870 bits per heavy atom. The van der Waals surface area contributed by atoms with E-state index in [2.05, 4.69) is 56.3 Å². The first kappa shape index (κ1) is 14.8. The Morgan fingerprint density at radius 2 is 1.61 bits per heavy atom. The standard InChI is InChI=1S/C23H26/c1-16-12-21-13-17(2)15-23(21)22(14-16)20-10-8-19(9-11-20)18-6-4-3-5-7-18/h8-12,14-15,18H,3-7,13H2,1-2H3. The quantitative estimate of drug-likeness (QED) is 0.581. The van der Waals surface area contributed by atoms with Gasteiger partial charge in [0.1, 0.15) is 0 Å². The van der Waals surface area contributed by atoms with Crippen LogP contribution in [0, 0.1) is 6.92 Å². The fourth-order valence-electron chi connectivity index (χ4n) is 4.40. The van der Waals surface area contributed by atoms with Crippen LogP contribution < -0.4 is 0 Å². The minimum Gasteiger partial charge on any atom is -0.0683 e. The summed E-state index contributed by atoms with van der Waals surface area (Å²) in [5.74, 6) is 0.795. The maximum atomic E-state index is 2.38. The van der Waals surface area contributed by atoms with E-state index in [1.54, 1.807) is 5.56 Å². The van der Waals surface area contributed by atoms with Gasteiger partial charge in [0.15, 0.2) is 0 Å². The summed E-state index contributed by atoms with van der Waals surface area (Å²) in [6.07, 6.45) is 10.5. The summed E-state index contributed by atoms with van der Waals surface area (Å²) in [5.41, 5.74) is 10.1. The van der Waals surface area contributed by atoms with E-state index in [4.69, 9.17) is 0 Å². The SMILES string of the molecule is CC1=Cc2c(cc(C)cc2-c2ccc(C3CCCCC3)cc2)C1. The molecule has 2 aliphatic carbocycles. The number of hydrogen-bond acceptors (Lipinski definition) is 0. The predicted octanol–water partition coefficient (Wildman–Crippen LogP) is 6.67. The Kier molecular flexibility index (Phi) is 3.85. The number of fused-ring (bicyclic) bond motifs is 1. The molecule has 2 aromatic carbocycles. The molecule has 0 N–H and O–H groups in total. The highest BCUT2D eigenvalue weighted by atomic mass is 14.2. The maximum absolute atomic E-state index is 2.38. The average molecular weight is 302 g/mol. The van der Waals surface area contributed by atoms with Crippen LogP contribution >= 0.6 is 0 Å². The molecular formula is C23H26. The number of rotatable bonds is 2. The van der Waals surface area contributed by atoms with Gasteiger partial charge in [-0.05, 0) is 66.8 Å². The Labute approximate surface area is 140 Å². The number of hydrogen-bond donors (Lipinski definition) is 0. The highest BCUT2D eigenvalue weighted by Gasteiger charge is 2.17. The first-order chi connectivity index (χ1) is 11.2. The molecule has 0 radical (unpaired) electrons. The first-order valence-corrected chi connectivity index (χ1v) is 9.12. The Hall–Kier alpha value is -1.82. The number of benzene rings is 2. The van der Waals surface area contributed by atoms with Crippen LogP contribution in [0.15, 0.2) is 42.0 Å². The smallest absolute Gasteiger partial charge is 0.00603 e. The third-order valence-electron chi connectivity index (χ3n) is 5.57. The van der Waals surface area contributed by atoms with Gasteiger partial charge < -0.3 is 0 Å². The fraction of sp³-hybridized carbons (Fsp3) is 0.391. The van der Waals surface area contributed by atoms with Crippen molar-refractivity contribution in [1.82, 2.24) is 0 Å². The molecule has 0 spiro atoms. The van der Waals surface area contributed by atoms with Gasteiger partial charge in [0.25, 0.3) is 0 Å². The molecule has 0 saturated heterocycles. The van der Waals surface area contributed by atoms with E-state index < -0.39 is 0 Å². The minimum absolute atomic E-state index is 0.795. The molecule has 0 heterocycles. The topological polar surface area (TPSA) is 0 Å². The number of aryl methyl sites for hydroxylation is 1. The molecule has 0 nitrogen and oxygen atoms in total. The Morgan fingerprint density at radius 3 is 2.35 bits per heavy atom. The van der Waals surface area contributed by atoms with E-state index in [1.165, 1.54) is 65.5 Å². The van der Waals surface area contributed by atoms with Crippen LogP contribution in [0.5, 0.6) is 0 Å². The molecule has 1 fully saturated rings. The molecule has 0 unspecified atom stereocenters. The summed E-state index contributed by atoms with van der Waals surface area (Å²) in [4.78, 5) is 0. The zero-order chi connectivity index (χ0) is 15.8. The van der Waals surface area contributed by atoms with Gasteiger partial charge in [-0.25, -0.2) is 0 Å².